The molecule has 4 rings (SSSR count). The summed E-state index contributed by atoms with van der Waals surface area (Å²) in [6.07, 6.45) is 0. The van der Waals surface area contributed by atoms with Gasteiger partial charge < -0.3 is 34.0 Å². The molecule has 1 aromatic heterocycles. The standard InChI is InChI=1S/C25H31N3O7/c1-15-13-19-21(24(29)28(15)8-7-27-9-11-34-12-10-27)20(22(23(26)35-19)25(30)33-4)16-5-6-17(31-2)18(14-16)32-3/h5-6,13-14,20H,7-12,26H2,1-4H3. The minimum atomic E-state index is -0.811. The Morgan fingerprint density at radius 3 is 2.46 bits per heavy atom. The number of aromatic nitrogens is 1. The average molecular weight is 486 g/mol. The fourth-order valence-electron chi connectivity index (χ4n) is 4.60. The van der Waals surface area contributed by atoms with E-state index in [2.05, 4.69) is 4.90 Å². The molecule has 1 unspecified atom stereocenters. The van der Waals surface area contributed by atoms with E-state index in [-0.39, 0.29) is 17.0 Å². The van der Waals surface area contributed by atoms with Crippen molar-refractivity contribution in [2.24, 2.45) is 5.73 Å². The van der Waals surface area contributed by atoms with Gasteiger partial charge >= 0.3 is 5.97 Å². The smallest absolute Gasteiger partial charge is 0.340 e. The van der Waals surface area contributed by atoms with Gasteiger partial charge in [0, 0.05) is 37.9 Å². The van der Waals surface area contributed by atoms with Crippen molar-refractivity contribution < 1.29 is 28.5 Å². The Morgan fingerprint density at radius 1 is 1.09 bits per heavy atom. The number of carbonyl (C=O) groups excluding carboxylic acids is 1. The second-order valence-corrected chi connectivity index (χ2v) is 8.39. The second kappa shape index (κ2) is 10.4. The molecule has 3 heterocycles. The molecule has 0 bridgehead atoms. The minimum Gasteiger partial charge on any atom is -0.493 e. The summed E-state index contributed by atoms with van der Waals surface area (Å²) in [4.78, 5) is 29.0. The molecule has 2 N–H and O–H groups in total. The molecule has 0 aliphatic carbocycles. The molecule has 0 radical (unpaired) electrons. The van der Waals surface area contributed by atoms with Crippen molar-refractivity contribution in [2.75, 3.05) is 54.2 Å². The van der Waals surface area contributed by atoms with Gasteiger partial charge in [0.05, 0.1) is 46.0 Å². The van der Waals surface area contributed by atoms with Gasteiger partial charge in [0.1, 0.15) is 11.3 Å². The summed E-state index contributed by atoms with van der Waals surface area (Å²) in [5.74, 6) is -0.289. The molecule has 0 spiro atoms. The first-order valence-corrected chi connectivity index (χ1v) is 11.4. The van der Waals surface area contributed by atoms with Gasteiger partial charge in [-0.05, 0) is 24.6 Å². The van der Waals surface area contributed by atoms with Crippen LogP contribution in [0.15, 0.2) is 40.5 Å². The van der Waals surface area contributed by atoms with E-state index in [9.17, 15) is 9.59 Å². The molecule has 1 fully saturated rings. The Hall–Kier alpha value is -3.50. The number of pyridine rings is 1. The zero-order valence-corrected chi connectivity index (χ0v) is 20.5. The molecular formula is C25H31N3O7. The van der Waals surface area contributed by atoms with E-state index < -0.39 is 11.9 Å². The molecule has 2 aliphatic heterocycles. The molecule has 2 aromatic rings. The number of hydrogen-bond donors (Lipinski definition) is 1. The highest BCUT2D eigenvalue weighted by Gasteiger charge is 2.38. The first-order chi connectivity index (χ1) is 16.9. The zero-order valence-electron chi connectivity index (χ0n) is 20.5. The quantitative estimate of drug-likeness (QED) is 0.581. The number of methoxy groups -OCH3 is 3. The lowest BCUT2D eigenvalue weighted by molar-refractivity contribution is -0.136. The number of morpholine rings is 1. The molecule has 0 amide bonds. The van der Waals surface area contributed by atoms with Crippen LogP contribution in [0.5, 0.6) is 17.2 Å². The SMILES string of the molecule is COC(=O)C1=C(N)Oc2cc(C)n(CCN3CCOCC3)c(=O)c2C1c1ccc(OC)c(OC)c1. The van der Waals surface area contributed by atoms with Crippen molar-refractivity contribution in [3.05, 3.63) is 62.9 Å². The number of fused-ring (bicyclic) bond motifs is 1. The van der Waals surface area contributed by atoms with E-state index in [4.69, 9.17) is 29.4 Å². The van der Waals surface area contributed by atoms with E-state index in [1.165, 1.54) is 21.3 Å². The maximum atomic E-state index is 13.9. The fourth-order valence-corrected chi connectivity index (χ4v) is 4.60. The molecular weight excluding hydrogens is 454 g/mol. The molecule has 1 atom stereocenters. The van der Waals surface area contributed by atoms with Crippen LogP contribution in [0, 0.1) is 6.92 Å². The Kier molecular flexibility index (Phi) is 7.32. The van der Waals surface area contributed by atoms with Gasteiger partial charge in [0.15, 0.2) is 11.5 Å². The predicted octanol–water partition coefficient (Wildman–Crippen LogP) is 1.37. The number of carbonyl (C=O) groups is 1. The second-order valence-electron chi connectivity index (χ2n) is 8.39. The summed E-state index contributed by atoms with van der Waals surface area (Å²) in [7, 11) is 4.32. The molecule has 1 saturated heterocycles. The molecule has 35 heavy (non-hydrogen) atoms. The van der Waals surface area contributed by atoms with E-state index in [0.29, 0.717) is 54.7 Å². The van der Waals surface area contributed by atoms with Gasteiger partial charge in [0.25, 0.3) is 5.56 Å². The van der Waals surface area contributed by atoms with Crippen LogP contribution < -0.4 is 25.5 Å². The first kappa shape index (κ1) is 24.6. The summed E-state index contributed by atoms with van der Waals surface area (Å²) < 4.78 is 28.8. The van der Waals surface area contributed by atoms with Gasteiger partial charge in [-0.1, -0.05) is 6.07 Å². The Morgan fingerprint density at radius 2 is 1.80 bits per heavy atom. The Labute approximate surface area is 203 Å². The van der Waals surface area contributed by atoms with E-state index in [0.717, 1.165) is 18.8 Å². The van der Waals surface area contributed by atoms with Crippen molar-refractivity contribution in [2.45, 2.75) is 19.4 Å². The van der Waals surface area contributed by atoms with Crippen molar-refractivity contribution in [1.82, 2.24) is 9.47 Å². The first-order valence-electron chi connectivity index (χ1n) is 11.4. The normalized spacial score (nSPS) is 18.0. The molecule has 188 valence electrons. The van der Waals surface area contributed by atoms with Crippen molar-refractivity contribution in [3.8, 4) is 17.2 Å². The lowest BCUT2D eigenvalue weighted by Gasteiger charge is -2.30. The fraction of sp³-hybridized carbons (Fsp3) is 0.440. The summed E-state index contributed by atoms with van der Waals surface area (Å²) in [6.45, 7) is 6.05. The van der Waals surface area contributed by atoms with E-state index in [1.54, 1.807) is 28.8 Å². The van der Waals surface area contributed by atoms with Gasteiger partial charge in [-0.25, -0.2) is 4.79 Å². The van der Waals surface area contributed by atoms with Crippen LogP contribution in [0.3, 0.4) is 0 Å². The number of aryl methyl sites for hydroxylation is 1. The molecule has 1 aromatic carbocycles. The topological polar surface area (TPSA) is 114 Å². The highest BCUT2D eigenvalue weighted by Crippen LogP contribution is 2.43. The third-order valence-electron chi connectivity index (χ3n) is 6.46. The highest BCUT2D eigenvalue weighted by atomic mass is 16.5. The van der Waals surface area contributed by atoms with Gasteiger partial charge in [-0.3, -0.25) is 9.69 Å². The Bertz CT molecular complexity index is 1200. The molecule has 2 aliphatic rings. The summed E-state index contributed by atoms with van der Waals surface area (Å²) in [5, 5.41) is 0. The zero-order chi connectivity index (χ0) is 25.1. The van der Waals surface area contributed by atoms with E-state index >= 15 is 0 Å². The van der Waals surface area contributed by atoms with Crippen LogP contribution in [0.4, 0.5) is 0 Å². The Balaban J connectivity index is 1.84. The van der Waals surface area contributed by atoms with Crippen molar-refractivity contribution in [3.63, 3.8) is 0 Å². The largest absolute Gasteiger partial charge is 0.493 e. The van der Waals surface area contributed by atoms with E-state index in [1.807, 2.05) is 6.92 Å². The predicted molar refractivity (Wildman–Crippen MR) is 128 cm³/mol. The lowest BCUT2D eigenvalue weighted by Crippen LogP contribution is -2.40. The number of ether oxygens (including phenoxy) is 5. The van der Waals surface area contributed by atoms with Crippen molar-refractivity contribution in [1.29, 1.82) is 0 Å². The number of nitrogens with two attached hydrogens (primary N) is 1. The summed E-state index contributed by atoms with van der Waals surface area (Å²) >= 11 is 0. The van der Waals surface area contributed by atoms with Crippen LogP contribution in [-0.2, 0) is 20.8 Å². The van der Waals surface area contributed by atoms with Crippen LogP contribution in [0.1, 0.15) is 22.7 Å². The van der Waals surface area contributed by atoms with Crippen LogP contribution >= 0.6 is 0 Å². The maximum Gasteiger partial charge on any atom is 0.340 e. The van der Waals surface area contributed by atoms with Gasteiger partial charge in [-0.2, -0.15) is 0 Å². The number of hydrogen-bond acceptors (Lipinski definition) is 9. The van der Waals surface area contributed by atoms with Crippen LogP contribution in [0.25, 0.3) is 0 Å². The number of nitrogens with zero attached hydrogens (tertiary/aromatic N) is 2. The lowest BCUT2D eigenvalue weighted by atomic mass is 9.83. The number of benzene rings is 1. The average Bonchev–Trinajstić information content (AvgIpc) is 2.87. The third kappa shape index (κ3) is 4.71. The molecule has 0 saturated carbocycles. The van der Waals surface area contributed by atoms with Gasteiger partial charge in [-0.15, -0.1) is 0 Å². The van der Waals surface area contributed by atoms with Crippen LogP contribution in [-0.4, -0.2) is 69.6 Å². The highest BCUT2D eigenvalue weighted by molar-refractivity contribution is 5.92. The molecule has 10 heteroatoms. The number of rotatable bonds is 7. The summed E-state index contributed by atoms with van der Waals surface area (Å²) in [5.41, 5.74) is 7.69. The summed E-state index contributed by atoms with van der Waals surface area (Å²) in [6, 6.07) is 7.01. The molecule has 10 nitrogen and oxygen atoms in total. The number of esters is 1. The minimum absolute atomic E-state index is 0.0629. The van der Waals surface area contributed by atoms with Gasteiger partial charge in [0.2, 0.25) is 5.88 Å². The monoisotopic (exact) mass is 485 g/mol. The van der Waals surface area contributed by atoms with Crippen LogP contribution in [0.2, 0.25) is 0 Å². The maximum absolute atomic E-state index is 13.9. The van der Waals surface area contributed by atoms with Crippen molar-refractivity contribution >= 4 is 5.97 Å². The third-order valence-corrected chi connectivity index (χ3v) is 6.46.